The Balaban J connectivity index is 3.90. The van der Waals surface area contributed by atoms with E-state index in [9.17, 15) is 0 Å². The molecule has 0 aromatic heterocycles. The van der Waals surface area contributed by atoms with Crippen LogP contribution in [0.25, 0.3) is 0 Å². The van der Waals surface area contributed by atoms with Crippen LogP contribution in [0.1, 0.15) is 0 Å². The number of hydrogen-bond acceptors (Lipinski definition) is 6. The van der Waals surface area contributed by atoms with Crippen LogP contribution in [0.15, 0.2) is 5.16 Å². The van der Waals surface area contributed by atoms with Gasteiger partial charge >= 0.3 is 0 Å². The molecule has 0 saturated heterocycles. The van der Waals surface area contributed by atoms with Gasteiger partial charge in [0, 0.05) is 0 Å². The van der Waals surface area contributed by atoms with Crippen LogP contribution in [0.4, 0.5) is 0 Å². The van der Waals surface area contributed by atoms with Gasteiger partial charge in [0.2, 0.25) is 0 Å². The Morgan fingerprint density at radius 2 is 1.82 bits per heavy atom. The Bertz CT molecular complexity index is 128. The van der Waals surface area contributed by atoms with E-state index in [-0.39, 0.29) is 0 Å². The topological polar surface area (TPSA) is 114 Å². The van der Waals surface area contributed by atoms with Gasteiger partial charge in [0.05, 0.1) is 12.8 Å². The maximum Gasteiger partial charge on any atom is 0.121 e. The van der Waals surface area contributed by atoms with Gasteiger partial charge in [0.15, 0.2) is 0 Å². The van der Waals surface area contributed by atoms with Crippen LogP contribution in [0.3, 0.4) is 0 Å². The van der Waals surface area contributed by atoms with Crippen molar-refractivity contribution in [1.29, 1.82) is 0 Å². The van der Waals surface area contributed by atoms with Crippen molar-refractivity contribution in [2.24, 2.45) is 5.16 Å². The summed E-state index contributed by atoms with van der Waals surface area (Å²) in [5.74, 6) is 0. The molecule has 0 bridgehead atoms. The molecule has 5 N–H and O–H groups in total. The minimum Gasteiger partial charge on any atom is -0.411 e. The summed E-state index contributed by atoms with van der Waals surface area (Å²) in [6, 6.07) is 0. The fourth-order valence-electron chi connectivity index (χ4n) is 0.492. The average molecular weight is 165 g/mol. The van der Waals surface area contributed by atoms with Crippen molar-refractivity contribution < 1.29 is 25.6 Å². The molecule has 0 fully saturated rings. The van der Waals surface area contributed by atoms with Crippen molar-refractivity contribution in [2.45, 2.75) is 18.3 Å². The number of nitrogens with zero attached hydrogens (tertiary/aromatic N) is 1. The highest BCUT2D eigenvalue weighted by Gasteiger charge is 2.22. The van der Waals surface area contributed by atoms with Gasteiger partial charge in [0.25, 0.3) is 0 Å². The van der Waals surface area contributed by atoms with Crippen molar-refractivity contribution in [3.8, 4) is 0 Å². The predicted molar refractivity (Wildman–Crippen MR) is 35.4 cm³/mol. The Hall–Kier alpha value is -0.690. The van der Waals surface area contributed by atoms with E-state index in [1.54, 1.807) is 0 Å². The molecule has 0 aromatic rings. The van der Waals surface area contributed by atoms with E-state index in [2.05, 4.69) is 5.16 Å². The molecule has 0 aliphatic rings. The highest BCUT2D eigenvalue weighted by atomic mass is 16.4. The largest absolute Gasteiger partial charge is 0.411 e. The molecule has 11 heavy (non-hydrogen) atoms. The van der Waals surface area contributed by atoms with E-state index >= 15 is 0 Å². The summed E-state index contributed by atoms with van der Waals surface area (Å²) in [7, 11) is 0. The third kappa shape index (κ3) is 3.28. The van der Waals surface area contributed by atoms with Gasteiger partial charge in [-0.05, 0) is 0 Å². The van der Waals surface area contributed by atoms with Gasteiger partial charge in [-0.25, -0.2) is 0 Å². The monoisotopic (exact) mass is 165 g/mol. The zero-order valence-corrected chi connectivity index (χ0v) is 5.70. The molecule has 0 aliphatic heterocycles. The lowest BCUT2D eigenvalue weighted by atomic mass is 10.1. The quantitative estimate of drug-likeness (QED) is 0.180. The molecule has 0 heterocycles. The number of oxime groups is 1. The van der Waals surface area contributed by atoms with Gasteiger partial charge in [-0.15, -0.1) is 0 Å². The average Bonchev–Trinajstić information content (AvgIpc) is 2.02. The minimum absolute atomic E-state index is 0.642. The molecule has 0 unspecified atom stereocenters. The maximum absolute atomic E-state index is 8.85. The summed E-state index contributed by atoms with van der Waals surface area (Å²) in [6.45, 7) is -0.669. The first-order valence-corrected chi connectivity index (χ1v) is 2.96. The summed E-state index contributed by atoms with van der Waals surface area (Å²) < 4.78 is 0. The minimum atomic E-state index is -1.55. The van der Waals surface area contributed by atoms with Gasteiger partial charge in [-0.2, -0.15) is 0 Å². The van der Waals surface area contributed by atoms with Crippen LogP contribution in [0.2, 0.25) is 0 Å². The lowest BCUT2D eigenvalue weighted by Gasteiger charge is -2.17. The number of aliphatic hydroxyl groups is 4. The second-order valence-corrected chi connectivity index (χ2v) is 2.00. The van der Waals surface area contributed by atoms with Gasteiger partial charge < -0.3 is 25.6 Å². The summed E-state index contributed by atoms with van der Waals surface area (Å²) in [5, 5.41) is 45.0. The van der Waals surface area contributed by atoms with Crippen molar-refractivity contribution in [3.05, 3.63) is 0 Å². The molecule has 0 amide bonds. The summed E-state index contributed by atoms with van der Waals surface area (Å²) in [4.78, 5) is 0. The highest BCUT2D eigenvalue weighted by molar-refractivity contribution is 5.62. The molecule has 0 rings (SSSR count). The van der Waals surface area contributed by atoms with Gasteiger partial charge in [-0.1, -0.05) is 5.16 Å². The van der Waals surface area contributed by atoms with Crippen molar-refractivity contribution in [1.82, 2.24) is 0 Å². The fraction of sp³-hybridized carbons (Fsp3) is 0.800. The predicted octanol–water partition coefficient (Wildman–Crippen LogP) is -2.48. The molecule has 0 radical (unpaired) electrons. The Labute approximate surface area is 63.0 Å². The van der Waals surface area contributed by atoms with E-state index in [0.717, 1.165) is 0 Å². The van der Waals surface area contributed by atoms with Gasteiger partial charge in [-0.3, -0.25) is 0 Å². The SMILES string of the molecule is OC[C@@H](O)[C@@H](O)[C@@H](O)/C=N/O. The first kappa shape index (κ1) is 10.3. The van der Waals surface area contributed by atoms with Crippen molar-refractivity contribution in [3.63, 3.8) is 0 Å². The smallest absolute Gasteiger partial charge is 0.121 e. The molecule has 0 saturated carbocycles. The van der Waals surface area contributed by atoms with Crippen LogP contribution in [-0.2, 0) is 0 Å². The van der Waals surface area contributed by atoms with Crippen LogP contribution in [0, 0.1) is 0 Å². The number of hydrogen-bond donors (Lipinski definition) is 5. The zero-order chi connectivity index (χ0) is 8.85. The van der Waals surface area contributed by atoms with E-state index in [1.165, 1.54) is 0 Å². The van der Waals surface area contributed by atoms with E-state index in [4.69, 9.17) is 25.6 Å². The number of rotatable bonds is 4. The second-order valence-electron chi connectivity index (χ2n) is 2.00. The lowest BCUT2D eigenvalue weighted by Crippen LogP contribution is -2.40. The molecular formula is C5H11NO5. The molecule has 6 nitrogen and oxygen atoms in total. The zero-order valence-electron chi connectivity index (χ0n) is 5.70. The third-order valence-electron chi connectivity index (χ3n) is 1.15. The van der Waals surface area contributed by atoms with E-state index in [1.807, 2.05) is 0 Å². The van der Waals surface area contributed by atoms with Gasteiger partial charge in [0.1, 0.15) is 18.3 Å². The number of aliphatic hydroxyl groups excluding tert-OH is 4. The van der Waals surface area contributed by atoms with Crippen LogP contribution in [0.5, 0.6) is 0 Å². The molecule has 0 aromatic carbocycles. The fourth-order valence-corrected chi connectivity index (χ4v) is 0.492. The maximum atomic E-state index is 8.85. The normalized spacial score (nSPS) is 20.0. The van der Waals surface area contributed by atoms with Crippen molar-refractivity contribution >= 4 is 6.21 Å². The standard InChI is InChI=1S/C5H11NO5/c7-2-4(9)5(10)3(8)1-6-11/h1,3-5,7-11H,2H2/b6-1+/t3-,4+,5-/m0/s1. The summed E-state index contributed by atoms with van der Waals surface area (Å²) in [5.41, 5.74) is 0. The summed E-state index contributed by atoms with van der Waals surface area (Å²) >= 11 is 0. The van der Waals surface area contributed by atoms with Crippen LogP contribution in [-0.4, -0.2) is 56.8 Å². The molecule has 3 atom stereocenters. The lowest BCUT2D eigenvalue weighted by molar-refractivity contribution is -0.0546. The van der Waals surface area contributed by atoms with E-state index in [0.29, 0.717) is 6.21 Å². The van der Waals surface area contributed by atoms with Crippen LogP contribution < -0.4 is 0 Å². The molecule has 6 heteroatoms. The Morgan fingerprint density at radius 1 is 1.27 bits per heavy atom. The Kier molecular flexibility index (Phi) is 4.71. The second kappa shape index (κ2) is 5.03. The van der Waals surface area contributed by atoms with Crippen molar-refractivity contribution in [2.75, 3.05) is 6.61 Å². The van der Waals surface area contributed by atoms with E-state index < -0.39 is 24.9 Å². The highest BCUT2D eigenvalue weighted by Crippen LogP contribution is 1.97. The van der Waals surface area contributed by atoms with Crippen LogP contribution >= 0.6 is 0 Å². The molecule has 0 aliphatic carbocycles. The first-order valence-electron chi connectivity index (χ1n) is 2.96. The Morgan fingerprint density at radius 3 is 2.18 bits per heavy atom. The third-order valence-corrected chi connectivity index (χ3v) is 1.15. The summed E-state index contributed by atoms with van der Waals surface area (Å²) in [6.07, 6.45) is -3.83. The molecule has 0 spiro atoms. The first-order chi connectivity index (χ1) is 5.13. The molecule has 66 valence electrons. The molecular weight excluding hydrogens is 154 g/mol.